The molecule has 1 fully saturated rings. The van der Waals surface area contributed by atoms with Crippen LogP contribution in [0.3, 0.4) is 0 Å². The molecule has 0 bridgehead atoms. The molecule has 0 spiro atoms. The Labute approximate surface area is 139 Å². The van der Waals surface area contributed by atoms with Crippen LogP contribution in [0.5, 0.6) is 5.75 Å². The Morgan fingerprint density at radius 2 is 2.23 bits per heavy atom. The van der Waals surface area contributed by atoms with Gasteiger partial charge in [0.05, 0.1) is 18.1 Å². The lowest BCUT2D eigenvalue weighted by atomic mass is 10.0. The van der Waals surface area contributed by atoms with Crippen molar-refractivity contribution in [3.8, 4) is 5.75 Å². The summed E-state index contributed by atoms with van der Waals surface area (Å²) in [7, 11) is 0. The molecule has 0 aliphatic carbocycles. The molecule has 5 nitrogen and oxygen atoms in total. The predicted molar refractivity (Wildman–Crippen MR) is 85.4 cm³/mol. The fourth-order valence-electron chi connectivity index (χ4n) is 2.21. The Morgan fingerprint density at radius 3 is 2.95 bits per heavy atom. The van der Waals surface area contributed by atoms with E-state index in [9.17, 15) is 9.59 Å². The summed E-state index contributed by atoms with van der Waals surface area (Å²) in [5.74, 6) is 0.425. The molecule has 1 aromatic rings. The number of halogens is 2. The van der Waals surface area contributed by atoms with E-state index in [0.717, 1.165) is 12.8 Å². The van der Waals surface area contributed by atoms with Crippen molar-refractivity contribution in [3.63, 3.8) is 0 Å². The van der Waals surface area contributed by atoms with E-state index in [1.165, 1.54) is 0 Å². The lowest BCUT2D eigenvalue weighted by Crippen LogP contribution is -2.46. The summed E-state index contributed by atoms with van der Waals surface area (Å²) in [6, 6.07) is 4.95. The SMILES string of the molecule is O=C(CCOc1ccc(Cl)cc1Cl)NC[C@H]1CCCC(=O)N1. The minimum Gasteiger partial charge on any atom is -0.491 e. The lowest BCUT2D eigenvalue weighted by Gasteiger charge is -2.23. The molecule has 2 rings (SSSR count). The van der Waals surface area contributed by atoms with Gasteiger partial charge in [-0.3, -0.25) is 9.59 Å². The highest BCUT2D eigenvalue weighted by Crippen LogP contribution is 2.27. The molecular weight excluding hydrogens is 327 g/mol. The molecule has 7 heteroatoms. The maximum absolute atomic E-state index is 11.7. The molecule has 120 valence electrons. The number of amides is 2. The molecule has 0 radical (unpaired) electrons. The quantitative estimate of drug-likeness (QED) is 0.833. The Hall–Kier alpha value is -1.46. The molecule has 1 saturated heterocycles. The van der Waals surface area contributed by atoms with Crippen LogP contribution in [0, 0.1) is 0 Å². The Kier molecular flexibility index (Phi) is 6.34. The molecule has 0 saturated carbocycles. The third-order valence-corrected chi connectivity index (χ3v) is 3.88. The van der Waals surface area contributed by atoms with Crippen LogP contribution in [0.2, 0.25) is 10.0 Å². The number of hydrogen-bond donors (Lipinski definition) is 2. The van der Waals surface area contributed by atoms with Crippen molar-refractivity contribution in [3.05, 3.63) is 28.2 Å². The molecule has 1 atom stereocenters. The van der Waals surface area contributed by atoms with Crippen LogP contribution in [0.4, 0.5) is 0 Å². The Morgan fingerprint density at radius 1 is 1.41 bits per heavy atom. The van der Waals surface area contributed by atoms with E-state index in [0.29, 0.717) is 28.8 Å². The van der Waals surface area contributed by atoms with Crippen LogP contribution >= 0.6 is 23.2 Å². The van der Waals surface area contributed by atoms with Gasteiger partial charge in [-0.2, -0.15) is 0 Å². The van der Waals surface area contributed by atoms with Crippen molar-refractivity contribution in [2.24, 2.45) is 0 Å². The van der Waals surface area contributed by atoms with Crippen molar-refractivity contribution in [2.75, 3.05) is 13.2 Å². The molecule has 0 aromatic heterocycles. The minimum atomic E-state index is -0.120. The zero-order chi connectivity index (χ0) is 15.9. The summed E-state index contributed by atoms with van der Waals surface area (Å²) >= 11 is 11.8. The van der Waals surface area contributed by atoms with Gasteiger partial charge in [-0.25, -0.2) is 0 Å². The molecule has 1 heterocycles. The van der Waals surface area contributed by atoms with E-state index in [-0.39, 0.29) is 30.9 Å². The number of carbonyl (C=O) groups is 2. The van der Waals surface area contributed by atoms with Crippen LogP contribution in [0.1, 0.15) is 25.7 Å². The van der Waals surface area contributed by atoms with E-state index in [1.54, 1.807) is 18.2 Å². The van der Waals surface area contributed by atoms with Gasteiger partial charge in [-0.1, -0.05) is 23.2 Å². The van der Waals surface area contributed by atoms with Gasteiger partial charge in [0, 0.05) is 24.0 Å². The second kappa shape index (κ2) is 8.25. The first-order chi connectivity index (χ1) is 10.5. The standard InChI is InChI=1S/C15H18Cl2N2O3/c16-10-4-5-13(12(17)8-10)22-7-6-14(20)18-9-11-2-1-3-15(21)19-11/h4-5,8,11H,1-3,6-7,9H2,(H,18,20)(H,19,21)/t11-/m1/s1. The maximum Gasteiger partial charge on any atom is 0.223 e. The number of ether oxygens (including phenoxy) is 1. The second-order valence-electron chi connectivity index (χ2n) is 5.13. The van der Waals surface area contributed by atoms with E-state index >= 15 is 0 Å². The van der Waals surface area contributed by atoms with Gasteiger partial charge in [0.25, 0.3) is 0 Å². The zero-order valence-corrected chi connectivity index (χ0v) is 13.5. The molecular formula is C15H18Cl2N2O3. The van der Waals surface area contributed by atoms with Crippen molar-refractivity contribution < 1.29 is 14.3 Å². The van der Waals surface area contributed by atoms with Gasteiger partial charge in [0.1, 0.15) is 5.75 Å². The number of piperidine rings is 1. The summed E-state index contributed by atoms with van der Waals surface area (Å²) in [6.07, 6.45) is 2.55. The summed E-state index contributed by atoms with van der Waals surface area (Å²) in [5.41, 5.74) is 0. The van der Waals surface area contributed by atoms with Crippen molar-refractivity contribution in [1.29, 1.82) is 0 Å². The van der Waals surface area contributed by atoms with Crippen molar-refractivity contribution in [1.82, 2.24) is 10.6 Å². The summed E-state index contributed by atoms with van der Waals surface area (Å²) in [5, 5.41) is 6.59. The highest BCUT2D eigenvalue weighted by molar-refractivity contribution is 6.35. The predicted octanol–water partition coefficient (Wildman–Crippen LogP) is 2.55. The van der Waals surface area contributed by atoms with Gasteiger partial charge >= 0.3 is 0 Å². The Bertz CT molecular complexity index is 552. The molecule has 1 aliphatic rings. The van der Waals surface area contributed by atoms with Gasteiger partial charge in [-0.05, 0) is 31.0 Å². The molecule has 1 aromatic carbocycles. The third-order valence-electron chi connectivity index (χ3n) is 3.35. The summed E-state index contributed by atoms with van der Waals surface area (Å²) in [6.45, 7) is 0.677. The normalized spacial score (nSPS) is 17.7. The number of carbonyl (C=O) groups excluding carboxylic acids is 2. The van der Waals surface area contributed by atoms with Crippen LogP contribution in [0.25, 0.3) is 0 Å². The fourth-order valence-corrected chi connectivity index (χ4v) is 2.67. The van der Waals surface area contributed by atoms with Gasteiger partial charge in [0.15, 0.2) is 0 Å². The van der Waals surface area contributed by atoms with E-state index in [1.807, 2.05) is 0 Å². The van der Waals surface area contributed by atoms with Crippen LogP contribution in [0.15, 0.2) is 18.2 Å². The van der Waals surface area contributed by atoms with Gasteiger partial charge < -0.3 is 15.4 Å². The van der Waals surface area contributed by atoms with Crippen molar-refractivity contribution >= 4 is 35.0 Å². The molecule has 2 amide bonds. The largest absolute Gasteiger partial charge is 0.491 e. The molecule has 22 heavy (non-hydrogen) atoms. The van der Waals surface area contributed by atoms with Gasteiger partial charge in [0.2, 0.25) is 11.8 Å². The van der Waals surface area contributed by atoms with Crippen molar-refractivity contribution in [2.45, 2.75) is 31.7 Å². The van der Waals surface area contributed by atoms with E-state index in [2.05, 4.69) is 10.6 Å². The molecule has 2 N–H and O–H groups in total. The summed E-state index contributed by atoms with van der Waals surface area (Å²) in [4.78, 5) is 23.0. The first-order valence-electron chi connectivity index (χ1n) is 7.18. The lowest BCUT2D eigenvalue weighted by molar-refractivity contribution is -0.125. The van der Waals surface area contributed by atoms with Crippen LogP contribution < -0.4 is 15.4 Å². The van der Waals surface area contributed by atoms with E-state index in [4.69, 9.17) is 27.9 Å². The van der Waals surface area contributed by atoms with Crippen LogP contribution in [-0.4, -0.2) is 31.0 Å². The number of benzene rings is 1. The van der Waals surface area contributed by atoms with Gasteiger partial charge in [-0.15, -0.1) is 0 Å². The minimum absolute atomic E-state index is 0.0248. The van der Waals surface area contributed by atoms with Crippen LogP contribution in [-0.2, 0) is 9.59 Å². The molecule has 1 aliphatic heterocycles. The summed E-state index contributed by atoms with van der Waals surface area (Å²) < 4.78 is 5.45. The number of hydrogen-bond acceptors (Lipinski definition) is 3. The molecule has 0 unspecified atom stereocenters. The monoisotopic (exact) mass is 344 g/mol. The third kappa shape index (κ3) is 5.39. The highest BCUT2D eigenvalue weighted by Gasteiger charge is 2.18. The zero-order valence-electron chi connectivity index (χ0n) is 12.0. The first kappa shape index (κ1) is 16.9. The smallest absolute Gasteiger partial charge is 0.223 e. The highest BCUT2D eigenvalue weighted by atomic mass is 35.5. The maximum atomic E-state index is 11.7. The number of nitrogens with one attached hydrogen (secondary N) is 2. The average Bonchev–Trinajstić information content (AvgIpc) is 2.47. The Balaban J connectivity index is 1.66. The number of rotatable bonds is 6. The average molecular weight is 345 g/mol. The first-order valence-corrected chi connectivity index (χ1v) is 7.94. The second-order valence-corrected chi connectivity index (χ2v) is 5.98. The topological polar surface area (TPSA) is 67.4 Å². The fraction of sp³-hybridized carbons (Fsp3) is 0.467. The van der Waals surface area contributed by atoms with E-state index < -0.39 is 0 Å².